The number of amides is 5. The molecule has 140 heavy (non-hydrogen) atoms. The van der Waals surface area contributed by atoms with Crippen molar-refractivity contribution in [2.45, 2.75) is 103 Å². The summed E-state index contributed by atoms with van der Waals surface area (Å²) in [6.45, 7) is 17.0. The number of aromatic amines is 2. The van der Waals surface area contributed by atoms with Crippen LogP contribution in [0.15, 0.2) is 218 Å². The monoisotopic (exact) mass is 1920 g/mol. The van der Waals surface area contributed by atoms with Gasteiger partial charge in [0.05, 0.1) is 34.4 Å². The average molecular weight is 1920 g/mol. The van der Waals surface area contributed by atoms with Crippen molar-refractivity contribution >= 4 is 124 Å². The molecule has 5 aliphatic rings. The molecule has 0 saturated carbocycles. The van der Waals surface area contributed by atoms with E-state index in [1.54, 1.807) is 27.4 Å². The van der Waals surface area contributed by atoms with Crippen molar-refractivity contribution in [3.8, 4) is 0 Å². The van der Waals surface area contributed by atoms with E-state index in [4.69, 9.17) is 30.5 Å². The van der Waals surface area contributed by atoms with Crippen LogP contribution in [0, 0.1) is 23.7 Å². The number of hydroxylamine groups is 5. The van der Waals surface area contributed by atoms with Crippen LogP contribution in [-0.4, -0.2) is 218 Å². The van der Waals surface area contributed by atoms with Crippen molar-refractivity contribution in [1.82, 2.24) is 118 Å². The molecule has 730 valence electrons. The maximum atomic E-state index is 11.4. The molecule has 0 atom stereocenters. The van der Waals surface area contributed by atoms with Crippen molar-refractivity contribution in [2.75, 3.05) is 116 Å². The second-order valence-electron chi connectivity index (χ2n) is 35.4. The Hall–Kier alpha value is -14.4. The number of anilines is 5. The van der Waals surface area contributed by atoms with Crippen LogP contribution in [0.25, 0.3) is 53.8 Å². The zero-order chi connectivity index (χ0) is 96.9. The van der Waals surface area contributed by atoms with Crippen LogP contribution in [0.3, 0.4) is 0 Å². The Balaban J connectivity index is 0.000000126. The van der Waals surface area contributed by atoms with E-state index in [1.807, 2.05) is 41.7 Å². The first-order chi connectivity index (χ1) is 68.6. The van der Waals surface area contributed by atoms with Crippen LogP contribution in [0.1, 0.15) is 143 Å². The van der Waals surface area contributed by atoms with E-state index in [0.717, 1.165) is 205 Å². The minimum absolute atomic E-state index is 0.232. The summed E-state index contributed by atoms with van der Waals surface area (Å²) < 4.78 is 9.43. The highest BCUT2D eigenvalue weighted by Crippen LogP contribution is 2.31. The van der Waals surface area contributed by atoms with Crippen molar-refractivity contribution in [1.29, 1.82) is 0 Å². The molecule has 40 heteroatoms. The fourth-order valence-corrected chi connectivity index (χ4v) is 19.2. The van der Waals surface area contributed by atoms with Gasteiger partial charge in [-0.05, 0) is 184 Å². The van der Waals surface area contributed by atoms with Crippen LogP contribution in [0.4, 0.5) is 29.7 Å². The standard InChI is InChI=1S/C21H26N6O2.C20H24N6O2.C20H23N5O3.C20H23N5O2S.C19H22N6O2/c1-26-18(10-16-4-2-3-5-19(16)26)14-22-11-15-6-8-27(9-7-15)21-23-12-17(13-24-21)20(28)25-29;27-19(25-28)16-12-23-20(24-13-16)26-7-5-14(6-8-26)9-21-10-15-11-22-18-4-2-1-3-17(15)18;2*26-19(24-27)16-11-22-20(23-12-16)25-7-5-14(6-8-25)10-21-13-17-9-15-3-1-2-4-18(15)28-17;26-18(24-27)14-11-22-19(23-12-14)25-7-5-15(6-8-25)20-9-13-10-21-17-4-2-1-3-16(13)17/h2-5,10,12-13,15,22,29H,6-9,11,14H2,1H3,(H,25,28);1-4,11-14,21-22,28H,5-10H2,(H,25,27);2*1-4,9,11-12,14,21,27H,5-8,10,13H2,(H,24,26);1-4,10-12,15,20-21,27H,5-9H2,(H,24,26). The summed E-state index contributed by atoms with van der Waals surface area (Å²) in [4.78, 5) is 118. The summed E-state index contributed by atoms with van der Waals surface area (Å²) >= 11 is 1.85. The van der Waals surface area contributed by atoms with Gasteiger partial charge in [-0.3, -0.25) is 50.0 Å². The lowest BCUT2D eigenvalue weighted by molar-refractivity contribution is 0.0701. The van der Waals surface area contributed by atoms with Crippen LogP contribution in [0.2, 0.25) is 0 Å². The second kappa shape index (κ2) is 49.2. The normalized spacial score (nSPS) is 15.1. The van der Waals surface area contributed by atoms with Gasteiger partial charge in [-0.1, -0.05) is 91.0 Å². The second-order valence-corrected chi connectivity index (χ2v) is 36.6. The molecule has 5 aliphatic heterocycles. The lowest BCUT2D eigenvalue weighted by Crippen LogP contribution is -2.42. The largest absolute Gasteiger partial charge is 0.460 e. The zero-order valence-corrected chi connectivity index (χ0v) is 78.7. The third-order valence-electron chi connectivity index (χ3n) is 26.3. The number of nitrogens with one attached hydrogen (secondary N) is 12. The number of furan rings is 1. The molecule has 0 unspecified atom stereocenters. The zero-order valence-electron chi connectivity index (χ0n) is 77.8. The summed E-state index contributed by atoms with van der Waals surface area (Å²) in [5.74, 6) is 3.52. The van der Waals surface area contributed by atoms with Crippen molar-refractivity contribution in [3.63, 3.8) is 0 Å². The highest BCUT2D eigenvalue weighted by Gasteiger charge is 2.28. The van der Waals surface area contributed by atoms with Gasteiger partial charge in [-0.25, -0.2) is 77.2 Å². The smallest absolute Gasteiger partial charge is 0.277 e. The topological polar surface area (TPSA) is 502 Å². The minimum Gasteiger partial charge on any atom is -0.460 e. The molecule has 20 rings (SSSR count). The van der Waals surface area contributed by atoms with Crippen molar-refractivity contribution in [3.05, 3.63) is 269 Å². The van der Waals surface area contributed by atoms with Gasteiger partial charge in [-0.15, -0.1) is 11.3 Å². The molecule has 15 aromatic rings. The maximum Gasteiger partial charge on any atom is 0.277 e. The highest BCUT2D eigenvalue weighted by molar-refractivity contribution is 7.19. The molecule has 0 bridgehead atoms. The Morgan fingerprint density at radius 1 is 0.364 bits per heavy atom. The molecular weight excluding hydrogens is 1800 g/mol. The summed E-state index contributed by atoms with van der Waals surface area (Å²) in [6, 6.07) is 48.8. The summed E-state index contributed by atoms with van der Waals surface area (Å²) in [5.41, 5.74) is 17.5. The first-order valence-corrected chi connectivity index (χ1v) is 48.1. The number of carbonyl (C=O) groups is 5. The molecule has 39 nitrogen and oxygen atoms in total. The third kappa shape index (κ3) is 26.3. The van der Waals surface area contributed by atoms with Gasteiger partial charge in [0.1, 0.15) is 11.3 Å². The number of para-hydroxylation sites is 4. The number of benzene rings is 5. The van der Waals surface area contributed by atoms with E-state index < -0.39 is 29.5 Å². The molecule has 0 spiro atoms. The Morgan fingerprint density at radius 3 is 1.09 bits per heavy atom. The number of fused-ring (bicyclic) bond motifs is 5. The minimum atomic E-state index is -0.610. The lowest BCUT2D eigenvalue weighted by Gasteiger charge is -2.32. The number of H-pyrrole nitrogens is 2. The predicted molar refractivity (Wildman–Crippen MR) is 533 cm³/mol. The van der Waals surface area contributed by atoms with Crippen LogP contribution in [-0.2, 0) is 39.8 Å². The quantitative estimate of drug-likeness (QED) is 0.0153. The number of piperidine rings is 5. The van der Waals surface area contributed by atoms with E-state index in [2.05, 4.69) is 244 Å². The predicted octanol–water partition coefficient (Wildman–Crippen LogP) is 11.2. The van der Waals surface area contributed by atoms with Crippen molar-refractivity contribution < 1.29 is 54.4 Å². The molecule has 5 saturated heterocycles. The summed E-state index contributed by atoms with van der Waals surface area (Å²) in [5, 5.41) is 67.5. The number of aromatic nitrogens is 13. The Morgan fingerprint density at radius 2 is 0.700 bits per heavy atom. The molecule has 17 N–H and O–H groups in total. The first kappa shape index (κ1) is 98.6. The van der Waals surface area contributed by atoms with Crippen LogP contribution >= 0.6 is 11.3 Å². The third-order valence-corrected chi connectivity index (χ3v) is 27.4. The Labute approximate surface area is 811 Å². The Bertz CT molecular complexity index is 6280. The molecular formula is C100H118N28O11S. The Kier molecular flexibility index (Phi) is 34.7. The van der Waals surface area contributed by atoms with E-state index >= 15 is 0 Å². The number of rotatable bonds is 29. The van der Waals surface area contributed by atoms with E-state index in [9.17, 15) is 24.0 Å². The molecule has 0 radical (unpaired) electrons. The molecule has 5 aromatic carbocycles. The fourth-order valence-electron chi connectivity index (χ4n) is 18.2. The number of aryl methyl sites for hydroxylation is 1. The number of hydrogen-bond donors (Lipinski definition) is 17. The van der Waals surface area contributed by atoms with Gasteiger partial charge in [0.15, 0.2) is 0 Å². The highest BCUT2D eigenvalue weighted by atomic mass is 32.1. The summed E-state index contributed by atoms with van der Waals surface area (Å²) in [7, 11) is 2.12. The van der Waals surface area contributed by atoms with Gasteiger partial charge >= 0.3 is 0 Å². The lowest BCUT2D eigenvalue weighted by atomic mass is 9.97. The van der Waals surface area contributed by atoms with Gasteiger partial charge in [-0.2, -0.15) is 0 Å². The van der Waals surface area contributed by atoms with E-state index in [-0.39, 0.29) is 27.8 Å². The van der Waals surface area contributed by atoms with Gasteiger partial charge < -0.3 is 70.0 Å². The molecule has 5 amide bonds. The van der Waals surface area contributed by atoms with Crippen LogP contribution in [0.5, 0.6) is 0 Å². The van der Waals surface area contributed by atoms with Gasteiger partial charge in [0, 0.05) is 227 Å². The van der Waals surface area contributed by atoms with Gasteiger partial charge in [0.25, 0.3) is 29.5 Å². The van der Waals surface area contributed by atoms with E-state index in [1.165, 1.54) is 126 Å². The molecule has 15 heterocycles. The molecule has 0 aliphatic carbocycles. The fraction of sp³-hybridized carbons (Fsp3) is 0.350. The van der Waals surface area contributed by atoms with E-state index in [0.29, 0.717) is 59.5 Å². The molecule has 10 aromatic heterocycles. The number of hydrogen-bond acceptors (Lipinski definition) is 32. The average Bonchev–Trinajstić information content (AvgIpc) is 1.68. The van der Waals surface area contributed by atoms with Crippen LogP contribution < -0.4 is 78.5 Å². The number of nitrogens with zero attached hydrogens (tertiary/aromatic N) is 16. The molecule has 5 fully saturated rings. The van der Waals surface area contributed by atoms with Crippen molar-refractivity contribution in [2.24, 2.45) is 30.7 Å². The maximum absolute atomic E-state index is 11.4. The van der Waals surface area contributed by atoms with Gasteiger partial charge in [0.2, 0.25) is 29.7 Å². The SMILES string of the molecule is Cn1c(CNCC2CCN(c3ncc(C(=O)NO)cn3)CC2)cc2ccccc21.O=C(NO)c1cnc(N2CCC(CNCc3c[nH]c4ccccc34)CC2)nc1.O=C(NO)c1cnc(N2CCC(CNCc3cc4ccccc4o3)CC2)nc1.O=C(NO)c1cnc(N2CCC(CNCc3cc4ccccc4s3)CC2)nc1.O=C(NO)c1cnc(N2CCC(NCc3c[nH]c4ccccc34)CC2)nc1. The first-order valence-electron chi connectivity index (χ1n) is 47.3. The number of carbonyl (C=O) groups excluding carboxylic acids is 5. The summed E-state index contributed by atoms with van der Waals surface area (Å²) in [6.07, 6.45) is 29.0. The number of thiophene rings is 1.